The highest BCUT2D eigenvalue weighted by Crippen LogP contribution is 2.34. The maximum Gasteiger partial charge on any atom is 0.348 e. The van der Waals surface area contributed by atoms with Crippen molar-refractivity contribution < 1.29 is 28.7 Å². The first-order valence-corrected chi connectivity index (χ1v) is 9.81. The molecule has 1 aromatic heterocycles. The summed E-state index contributed by atoms with van der Waals surface area (Å²) in [7, 11) is 0. The Hall–Kier alpha value is -3.20. The first-order valence-electron chi connectivity index (χ1n) is 8.99. The van der Waals surface area contributed by atoms with Gasteiger partial charge in [0, 0.05) is 5.56 Å². The molecule has 0 bridgehead atoms. The molecule has 0 unspecified atom stereocenters. The SMILES string of the molecule is CCOC(=O)c1sc(NC(=O)CNC(=O)c2ccccc2)c(C(=O)OCC)c1C. The Morgan fingerprint density at radius 2 is 1.59 bits per heavy atom. The summed E-state index contributed by atoms with van der Waals surface area (Å²) in [6.07, 6.45) is 0. The van der Waals surface area contributed by atoms with E-state index in [1.54, 1.807) is 51.1 Å². The maximum absolute atomic E-state index is 12.3. The number of ether oxygens (including phenoxy) is 2. The lowest BCUT2D eigenvalue weighted by Crippen LogP contribution is -2.33. The third-order valence-corrected chi connectivity index (χ3v) is 4.97. The monoisotopic (exact) mass is 418 g/mol. The van der Waals surface area contributed by atoms with Gasteiger partial charge in [0.1, 0.15) is 9.88 Å². The van der Waals surface area contributed by atoms with Gasteiger partial charge in [-0.1, -0.05) is 18.2 Å². The molecule has 2 N–H and O–H groups in total. The first-order chi connectivity index (χ1) is 13.9. The standard InChI is InChI=1S/C20H22N2O6S/c1-4-27-19(25)15-12(3)16(20(26)28-5-2)29-18(15)22-14(23)11-21-17(24)13-9-7-6-8-10-13/h6-10H,4-5,11H2,1-3H3,(H,21,24)(H,22,23). The molecule has 1 aromatic carbocycles. The molecule has 0 aliphatic heterocycles. The van der Waals surface area contributed by atoms with Crippen LogP contribution in [0.3, 0.4) is 0 Å². The molecule has 0 spiro atoms. The zero-order valence-corrected chi connectivity index (χ0v) is 17.2. The largest absolute Gasteiger partial charge is 0.462 e. The Morgan fingerprint density at radius 3 is 2.21 bits per heavy atom. The number of thiophene rings is 1. The van der Waals surface area contributed by atoms with Crippen molar-refractivity contribution in [3.05, 3.63) is 51.9 Å². The quantitative estimate of drug-likeness (QED) is 0.638. The Balaban J connectivity index is 2.16. The molecule has 2 amide bonds. The second kappa shape index (κ2) is 10.4. The van der Waals surface area contributed by atoms with Crippen LogP contribution in [0.2, 0.25) is 0 Å². The average molecular weight is 418 g/mol. The highest BCUT2D eigenvalue weighted by atomic mass is 32.1. The Labute approximate surface area is 172 Å². The van der Waals surface area contributed by atoms with Crippen molar-refractivity contribution >= 4 is 40.1 Å². The second-order valence-electron chi connectivity index (χ2n) is 5.80. The van der Waals surface area contributed by atoms with Crippen molar-refractivity contribution in [1.29, 1.82) is 0 Å². The minimum absolute atomic E-state index is 0.0997. The molecule has 1 heterocycles. The molecule has 8 nitrogen and oxygen atoms in total. The van der Waals surface area contributed by atoms with Gasteiger partial charge in [0.05, 0.1) is 25.3 Å². The minimum Gasteiger partial charge on any atom is -0.462 e. The Morgan fingerprint density at radius 1 is 0.966 bits per heavy atom. The van der Waals surface area contributed by atoms with Crippen LogP contribution in [0.5, 0.6) is 0 Å². The highest BCUT2D eigenvalue weighted by Gasteiger charge is 2.27. The van der Waals surface area contributed by atoms with Gasteiger partial charge in [-0.3, -0.25) is 9.59 Å². The molecule has 0 radical (unpaired) electrons. The molecule has 0 saturated carbocycles. The third kappa shape index (κ3) is 5.64. The Kier molecular flexibility index (Phi) is 7.90. The summed E-state index contributed by atoms with van der Waals surface area (Å²) in [5.41, 5.74) is 0.891. The molecular weight excluding hydrogens is 396 g/mol. The predicted octanol–water partition coefficient (Wildman–Crippen LogP) is 2.78. The summed E-state index contributed by atoms with van der Waals surface area (Å²) < 4.78 is 10.0. The lowest BCUT2D eigenvalue weighted by atomic mass is 10.1. The predicted molar refractivity (Wildman–Crippen MR) is 108 cm³/mol. The van der Waals surface area contributed by atoms with Crippen LogP contribution in [-0.4, -0.2) is 43.5 Å². The molecule has 9 heteroatoms. The van der Waals surface area contributed by atoms with Crippen molar-refractivity contribution in [2.24, 2.45) is 0 Å². The minimum atomic E-state index is -0.652. The topological polar surface area (TPSA) is 111 Å². The molecule has 0 fully saturated rings. The maximum atomic E-state index is 12.3. The van der Waals surface area contributed by atoms with Crippen molar-refractivity contribution in [3.8, 4) is 0 Å². The first kappa shape index (κ1) is 22.1. The summed E-state index contributed by atoms with van der Waals surface area (Å²) in [5.74, 6) is -2.18. The number of carbonyl (C=O) groups excluding carboxylic acids is 4. The van der Waals surface area contributed by atoms with Crippen molar-refractivity contribution in [2.45, 2.75) is 20.8 Å². The van der Waals surface area contributed by atoms with E-state index in [2.05, 4.69) is 10.6 Å². The molecule has 29 heavy (non-hydrogen) atoms. The van der Waals surface area contributed by atoms with Gasteiger partial charge in [0.2, 0.25) is 5.91 Å². The van der Waals surface area contributed by atoms with Crippen LogP contribution in [0.1, 0.15) is 49.8 Å². The third-order valence-electron chi connectivity index (χ3n) is 3.79. The molecule has 0 aliphatic carbocycles. The van der Waals surface area contributed by atoms with Gasteiger partial charge in [0.15, 0.2) is 0 Å². The number of esters is 2. The lowest BCUT2D eigenvalue weighted by Gasteiger charge is -2.08. The van der Waals surface area contributed by atoms with Gasteiger partial charge in [-0.25, -0.2) is 9.59 Å². The molecule has 0 saturated heterocycles. The van der Waals surface area contributed by atoms with Crippen LogP contribution in [0.4, 0.5) is 5.00 Å². The van der Waals surface area contributed by atoms with Crippen LogP contribution in [0, 0.1) is 6.92 Å². The van der Waals surface area contributed by atoms with Gasteiger partial charge in [-0.2, -0.15) is 0 Å². The van der Waals surface area contributed by atoms with Crippen LogP contribution < -0.4 is 10.6 Å². The summed E-state index contributed by atoms with van der Waals surface area (Å²) >= 11 is 0.927. The number of amides is 2. The van der Waals surface area contributed by atoms with Crippen LogP contribution in [-0.2, 0) is 14.3 Å². The van der Waals surface area contributed by atoms with Gasteiger partial charge in [-0.05, 0) is 38.5 Å². The number of benzene rings is 1. The van der Waals surface area contributed by atoms with Crippen molar-refractivity contribution in [3.63, 3.8) is 0 Å². The van der Waals surface area contributed by atoms with E-state index in [1.807, 2.05) is 0 Å². The summed E-state index contributed by atoms with van der Waals surface area (Å²) in [6, 6.07) is 8.46. The highest BCUT2D eigenvalue weighted by molar-refractivity contribution is 7.18. The lowest BCUT2D eigenvalue weighted by molar-refractivity contribution is -0.115. The van der Waals surface area contributed by atoms with Gasteiger partial charge < -0.3 is 20.1 Å². The van der Waals surface area contributed by atoms with Gasteiger partial charge in [-0.15, -0.1) is 11.3 Å². The summed E-state index contributed by atoms with van der Waals surface area (Å²) in [4.78, 5) is 49.0. The number of anilines is 1. The molecule has 0 atom stereocenters. The normalized spacial score (nSPS) is 10.2. The fraction of sp³-hybridized carbons (Fsp3) is 0.300. The number of carbonyl (C=O) groups is 4. The fourth-order valence-electron chi connectivity index (χ4n) is 2.46. The van der Waals surface area contributed by atoms with E-state index in [-0.39, 0.29) is 35.2 Å². The summed E-state index contributed by atoms with van der Waals surface area (Å²) in [6.45, 7) is 4.93. The van der Waals surface area contributed by atoms with Crippen LogP contribution in [0.15, 0.2) is 30.3 Å². The average Bonchev–Trinajstić information content (AvgIpc) is 3.03. The number of rotatable bonds is 8. The molecule has 2 rings (SSSR count). The van der Waals surface area contributed by atoms with E-state index >= 15 is 0 Å². The van der Waals surface area contributed by atoms with E-state index in [0.717, 1.165) is 11.3 Å². The second-order valence-corrected chi connectivity index (χ2v) is 6.82. The number of hydrogen-bond donors (Lipinski definition) is 2. The van der Waals surface area contributed by atoms with E-state index in [9.17, 15) is 19.2 Å². The van der Waals surface area contributed by atoms with Crippen LogP contribution in [0.25, 0.3) is 0 Å². The van der Waals surface area contributed by atoms with E-state index < -0.39 is 23.8 Å². The fourth-order valence-corrected chi connectivity index (χ4v) is 3.57. The van der Waals surface area contributed by atoms with Crippen molar-refractivity contribution in [2.75, 3.05) is 25.1 Å². The van der Waals surface area contributed by atoms with E-state index in [0.29, 0.717) is 11.1 Å². The van der Waals surface area contributed by atoms with E-state index in [4.69, 9.17) is 9.47 Å². The smallest absolute Gasteiger partial charge is 0.348 e. The molecular formula is C20H22N2O6S. The van der Waals surface area contributed by atoms with Gasteiger partial charge in [0.25, 0.3) is 5.91 Å². The number of nitrogens with one attached hydrogen (secondary N) is 2. The summed E-state index contributed by atoms with van der Waals surface area (Å²) in [5, 5.41) is 5.24. The number of hydrogen-bond acceptors (Lipinski definition) is 7. The molecule has 0 aliphatic rings. The van der Waals surface area contributed by atoms with Crippen LogP contribution >= 0.6 is 11.3 Å². The zero-order chi connectivity index (χ0) is 21.4. The van der Waals surface area contributed by atoms with Crippen molar-refractivity contribution in [1.82, 2.24) is 5.32 Å². The van der Waals surface area contributed by atoms with Gasteiger partial charge >= 0.3 is 11.9 Å². The van der Waals surface area contributed by atoms with E-state index in [1.165, 1.54) is 0 Å². The molecule has 2 aromatic rings. The molecule has 154 valence electrons. The zero-order valence-electron chi connectivity index (χ0n) is 16.4. The Bertz CT molecular complexity index is 907.